The molecule has 1 atom stereocenters. The van der Waals surface area contributed by atoms with Crippen LogP contribution in [0.2, 0.25) is 0 Å². The van der Waals surface area contributed by atoms with Gasteiger partial charge in [0, 0.05) is 0 Å². The van der Waals surface area contributed by atoms with Crippen molar-refractivity contribution in [2.75, 3.05) is 0 Å². The third-order valence-corrected chi connectivity index (χ3v) is 4.39. The molecule has 1 aliphatic rings. The van der Waals surface area contributed by atoms with Gasteiger partial charge in [0.15, 0.2) is 5.92 Å². The van der Waals surface area contributed by atoms with Crippen LogP contribution in [0.5, 0.6) is 0 Å². The molecule has 0 bridgehead atoms. The van der Waals surface area contributed by atoms with E-state index in [2.05, 4.69) is 13.8 Å². The second kappa shape index (κ2) is 9.29. The second-order valence-electron chi connectivity index (χ2n) is 7.79. The molecule has 4 heteroatoms. The van der Waals surface area contributed by atoms with Gasteiger partial charge in [-0.1, -0.05) is 39.5 Å². The third kappa shape index (κ3) is 6.52. The molecule has 4 nitrogen and oxygen atoms in total. The van der Waals surface area contributed by atoms with Gasteiger partial charge < -0.3 is 9.47 Å². The Bertz CT molecular complexity index is 359. The number of carbonyl (C=O) groups is 2. The highest BCUT2D eigenvalue weighted by atomic mass is 16.6. The zero-order valence-corrected chi connectivity index (χ0v) is 15.6. The van der Waals surface area contributed by atoms with Crippen molar-refractivity contribution < 1.29 is 19.1 Å². The van der Waals surface area contributed by atoms with Crippen molar-refractivity contribution in [1.82, 2.24) is 0 Å². The third-order valence-electron chi connectivity index (χ3n) is 4.39. The lowest BCUT2D eigenvalue weighted by atomic mass is 9.75. The zero-order valence-electron chi connectivity index (χ0n) is 15.6. The van der Waals surface area contributed by atoms with Crippen LogP contribution >= 0.6 is 0 Å². The molecular weight excluding hydrogens is 292 g/mol. The molecule has 0 spiro atoms. The number of ether oxygens (including phenoxy) is 2. The lowest BCUT2D eigenvalue weighted by Gasteiger charge is -2.31. The topological polar surface area (TPSA) is 52.6 Å². The van der Waals surface area contributed by atoms with E-state index in [-0.39, 0.29) is 18.1 Å². The SMILES string of the molecule is CC(C)CC(C1CCCC1)C(C(=O)OC(C)C)C(=O)OC(C)C. The molecule has 1 aliphatic carbocycles. The van der Waals surface area contributed by atoms with Crippen LogP contribution in [0.4, 0.5) is 0 Å². The largest absolute Gasteiger partial charge is 0.462 e. The summed E-state index contributed by atoms with van der Waals surface area (Å²) < 4.78 is 10.8. The molecule has 1 unspecified atom stereocenters. The van der Waals surface area contributed by atoms with Gasteiger partial charge in [-0.3, -0.25) is 9.59 Å². The fourth-order valence-electron chi connectivity index (χ4n) is 3.59. The van der Waals surface area contributed by atoms with E-state index in [1.807, 2.05) is 27.7 Å². The molecule has 1 rings (SSSR count). The highest BCUT2D eigenvalue weighted by Gasteiger charge is 2.43. The van der Waals surface area contributed by atoms with Crippen LogP contribution in [0.15, 0.2) is 0 Å². The van der Waals surface area contributed by atoms with Crippen LogP contribution in [-0.2, 0) is 19.1 Å². The summed E-state index contributed by atoms with van der Waals surface area (Å²) in [4.78, 5) is 25.3. The Morgan fingerprint density at radius 2 is 1.30 bits per heavy atom. The number of carbonyl (C=O) groups excluding carboxylic acids is 2. The summed E-state index contributed by atoms with van der Waals surface area (Å²) >= 11 is 0. The Hall–Kier alpha value is -1.06. The maximum absolute atomic E-state index is 12.6. The van der Waals surface area contributed by atoms with E-state index >= 15 is 0 Å². The minimum absolute atomic E-state index is 0.0231. The average Bonchev–Trinajstić information content (AvgIpc) is 2.88. The Morgan fingerprint density at radius 1 is 0.870 bits per heavy atom. The van der Waals surface area contributed by atoms with Crippen molar-refractivity contribution in [2.24, 2.45) is 23.7 Å². The number of rotatable bonds is 8. The van der Waals surface area contributed by atoms with Gasteiger partial charge in [0.05, 0.1) is 12.2 Å². The van der Waals surface area contributed by atoms with E-state index < -0.39 is 17.9 Å². The highest BCUT2D eigenvalue weighted by molar-refractivity contribution is 5.95. The van der Waals surface area contributed by atoms with Gasteiger partial charge >= 0.3 is 11.9 Å². The standard InChI is InChI=1S/C19H34O4/c1-12(2)11-16(15-9-7-8-10-15)17(18(20)22-13(3)4)19(21)23-14(5)6/h12-17H,7-11H2,1-6H3. The van der Waals surface area contributed by atoms with Gasteiger partial charge in [0.1, 0.15) is 0 Å². The monoisotopic (exact) mass is 326 g/mol. The normalized spacial score (nSPS) is 17.3. The molecule has 0 saturated heterocycles. The van der Waals surface area contributed by atoms with Crippen LogP contribution < -0.4 is 0 Å². The van der Waals surface area contributed by atoms with Crippen LogP contribution in [-0.4, -0.2) is 24.1 Å². The molecule has 23 heavy (non-hydrogen) atoms. The Balaban J connectivity index is 3.03. The summed E-state index contributed by atoms with van der Waals surface area (Å²) in [6, 6.07) is 0. The Kier molecular flexibility index (Phi) is 8.07. The maximum atomic E-state index is 12.6. The number of esters is 2. The summed E-state index contributed by atoms with van der Waals surface area (Å²) in [6.45, 7) is 11.5. The van der Waals surface area contributed by atoms with Crippen molar-refractivity contribution >= 4 is 11.9 Å². The molecular formula is C19H34O4. The molecule has 0 aromatic carbocycles. The van der Waals surface area contributed by atoms with Crippen molar-refractivity contribution in [3.05, 3.63) is 0 Å². The van der Waals surface area contributed by atoms with Crippen LogP contribution in [0, 0.1) is 23.7 Å². The molecule has 134 valence electrons. The van der Waals surface area contributed by atoms with Crippen molar-refractivity contribution in [3.63, 3.8) is 0 Å². The summed E-state index contributed by atoms with van der Waals surface area (Å²) in [5.74, 6) is -0.740. The van der Waals surface area contributed by atoms with Gasteiger partial charge in [0.25, 0.3) is 0 Å². The molecule has 1 fully saturated rings. The molecule has 1 saturated carbocycles. The van der Waals surface area contributed by atoms with Crippen LogP contribution in [0.25, 0.3) is 0 Å². The fraction of sp³-hybridized carbons (Fsp3) is 0.895. The molecule has 0 amide bonds. The molecule has 0 aromatic rings. The first-order valence-corrected chi connectivity index (χ1v) is 9.13. The van der Waals surface area contributed by atoms with Gasteiger partial charge in [-0.05, 0) is 51.9 Å². The number of hydrogen-bond acceptors (Lipinski definition) is 4. The summed E-state index contributed by atoms with van der Waals surface area (Å²) in [6.07, 6.45) is 4.97. The quantitative estimate of drug-likeness (QED) is 0.491. The lowest BCUT2D eigenvalue weighted by molar-refractivity contribution is -0.170. The fourth-order valence-corrected chi connectivity index (χ4v) is 3.59. The molecule has 0 radical (unpaired) electrons. The van der Waals surface area contributed by atoms with Crippen molar-refractivity contribution in [3.8, 4) is 0 Å². The van der Waals surface area contributed by atoms with E-state index in [0.717, 1.165) is 19.3 Å². The zero-order chi connectivity index (χ0) is 17.6. The first kappa shape index (κ1) is 20.0. The maximum Gasteiger partial charge on any atom is 0.320 e. The predicted octanol–water partition coefficient (Wildman–Crippen LogP) is 4.36. The molecule has 0 N–H and O–H groups in total. The minimum Gasteiger partial charge on any atom is -0.462 e. The lowest BCUT2D eigenvalue weighted by Crippen LogP contribution is -2.39. The summed E-state index contributed by atoms with van der Waals surface area (Å²) in [7, 11) is 0. The van der Waals surface area contributed by atoms with Gasteiger partial charge in [0.2, 0.25) is 0 Å². The van der Waals surface area contributed by atoms with Gasteiger partial charge in [-0.2, -0.15) is 0 Å². The average molecular weight is 326 g/mol. The van der Waals surface area contributed by atoms with Gasteiger partial charge in [-0.15, -0.1) is 0 Å². The predicted molar refractivity (Wildman–Crippen MR) is 90.8 cm³/mol. The van der Waals surface area contributed by atoms with E-state index in [0.29, 0.717) is 11.8 Å². The van der Waals surface area contributed by atoms with E-state index in [1.165, 1.54) is 12.8 Å². The van der Waals surface area contributed by atoms with Crippen molar-refractivity contribution in [2.45, 2.75) is 85.9 Å². The Labute approximate surface area is 141 Å². The van der Waals surface area contributed by atoms with E-state index in [1.54, 1.807) is 0 Å². The Morgan fingerprint density at radius 3 is 1.65 bits per heavy atom. The van der Waals surface area contributed by atoms with E-state index in [4.69, 9.17) is 9.47 Å². The minimum atomic E-state index is -0.787. The second-order valence-corrected chi connectivity index (χ2v) is 7.79. The molecule has 0 aliphatic heterocycles. The number of hydrogen-bond donors (Lipinski definition) is 0. The first-order valence-electron chi connectivity index (χ1n) is 9.13. The van der Waals surface area contributed by atoms with E-state index in [9.17, 15) is 9.59 Å². The summed E-state index contributed by atoms with van der Waals surface area (Å²) in [5.41, 5.74) is 0. The molecule has 0 heterocycles. The highest BCUT2D eigenvalue weighted by Crippen LogP contribution is 2.40. The van der Waals surface area contributed by atoms with Crippen LogP contribution in [0.1, 0.15) is 73.6 Å². The first-order chi connectivity index (χ1) is 10.7. The van der Waals surface area contributed by atoms with Crippen molar-refractivity contribution in [1.29, 1.82) is 0 Å². The van der Waals surface area contributed by atoms with Gasteiger partial charge in [-0.25, -0.2) is 0 Å². The smallest absolute Gasteiger partial charge is 0.320 e. The summed E-state index contributed by atoms with van der Waals surface area (Å²) in [5, 5.41) is 0. The van der Waals surface area contributed by atoms with Crippen LogP contribution in [0.3, 0.4) is 0 Å². The molecule has 0 aromatic heterocycles.